The first-order chi connectivity index (χ1) is 8.81. The van der Waals surface area contributed by atoms with Crippen LogP contribution in [0.15, 0.2) is 0 Å². The van der Waals surface area contributed by atoms with Gasteiger partial charge in [0, 0.05) is 13.1 Å². The lowest BCUT2D eigenvalue weighted by atomic mass is 9.96. The van der Waals surface area contributed by atoms with Crippen LogP contribution in [0.25, 0.3) is 0 Å². The fourth-order valence-electron chi connectivity index (χ4n) is 1.96. The number of rotatable bonds is 3. The van der Waals surface area contributed by atoms with Crippen LogP contribution in [0.1, 0.15) is 19.3 Å². The molecule has 2 aliphatic rings. The molecule has 0 amide bonds. The summed E-state index contributed by atoms with van der Waals surface area (Å²) in [5, 5.41) is 0. The van der Waals surface area contributed by atoms with Gasteiger partial charge in [-0.3, -0.25) is 0 Å². The van der Waals surface area contributed by atoms with Gasteiger partial charge in [-0.2, -0.15) is 15.0 Å². The standard InChI is InChI=1S/C11H17N5O2/c12-9-13-10(16-4-6-17-7-5-16)15-11(14-9)18-8-2-1-3-8/h8H,1-7H2,(H2,12,13,14,15). The highest BCUT2D eigenvalue weighted by atomic mass is 16.5. The molecule has 0 bridgehead atoms. The molecule has 2 fully saturated rings. The quantitative estimate of drug-likeness (QED) is 0.822. The summed E-state index contributed by atoms with van der Waals surface area (Å²) in [6.07, 6.45) is 3.59. The molecule has 7 heteroatoms. The van der Waals surface area contributed by atoms with Crippen molar-refractivity contribution < 1.29 is 9.47 Å². The number of ether oxygens (including phenoxy) is 2. The fraction of sp³-hybridized carbons (Fsp3) is 0.727. The monoisotopic (exact) mass is 251 g/mol. The van der Waals surface area contributed by atoms with Crippen LogP contribution in [0.2, 0.25) is 0 Å². The van der Waals surface area contributed by atoms with E-state index >= 15 is 0 Å². The zero-order valence-corrected chi connectivity index (χ0v) is 10.2. The van der Waals surface area contributed by atoms with Crippen LogP contribution >= 0.6 is 0 Å². The number of hydrogen-bond donors (Lipinski definition) is 1. The Morgan fingerprint density at radius 2 is 1.94 bits per heavy atom. The molecule has 98 valence electrons. The Labute approximate surface area is 105 Å². The molecule has 7 nitrogen and oxygen atoms in total. The zero-order chi connectivity index (χ0) is 12.4. The summed E-state index contributed by atoms with van der Waals surface area (Å²) >= 11 is 0. The van der Waals surface area contributed by atoms with Crippen LogP contribution in [0.3, 0.4) is 0 Å². The van der Waals surface area contributed by atoms with Crippen molar-refractivity contribution >= 4 is 11.9 Å². The minimum absolute atomic E-state index is 0.209. The Hall–Kier alpha value is -1.63. The van der Waals surface area contributed by atoms with Crippen LogP contribution < -0.4 is 15.4 Å². The first-order valence-corrected chi connectivity index (χ1v) is 6.32. The molecule has 3 rings (SSSR count). The van der Waals surface area contributed by atoms with E-state index in [9.17, 15) is 0 Å². The van der Waals surface area contributed by atoms with Gasteiger partial charge in [-0.15, -0.1) is 0 Å². The van der Waals surface area contributed by atoms with Crippen molar-refractivity contribution in [2.24, 2.45) is 0 Å². The molecule has 0 radical (unpaired) electrons. The number of nitrogens with zero attached hydrogens (tertiary/aromatic N) is 4. The largest absolute Gasteiger partial charge is 0.460 e. The average molecular weight is 251 g/mol. The fourth-order valence-corrected chi connectivity index (χ4v) is 1.96. The lowest BCUT2D eigenvalue weighted by Gasteiger charge is -2.28. The smallest absolute Gasteiger partial charge is 0.323 e. The summed E-state index contributed by atoms with van der Waals surface area (Å²) in [6.45, 7) is 2.91. The lowest BCUT2D eigenvalue weighted by molar-refractivity contribution is 0.107. The van der Waals surface area contributed by atoms with Crippen LogP contribution in [-0.4, -0.2) is 47.4 Å². The van der Waals surface area contributed by atoms with Crippen molar-refractivity contribution in [3.63, 3.8) is 0 Å². The van der Waals surface area contributed by atoms with E-state index in [0.29, 0.717) is 25.2 Å². The third-order valence-corrected chi connectivity index (χ3v) is 3.24. The van der Waals surface area contributed by atoms with Gasteiger partial charge in [0.15, 0.2) is 0 Å². The van der Waals surface area contributed by atoms with E-state index in [1.807, 2.05) is 4.90 Å². The molecule has 1 saturated carbocycles. The van der Waals surface area contributed by atoms with Gasteiger partial charge in [0.25, 0.3) is 0 Å². The van der Waals surface area contributed by atoms with Crippen molar-refractivity contribution in [1.82, 2.24) is 15.0 Å². The Morgan fingerprint density at radius 1 is 1.17 bits per heavy atom. The summed E-state index contributed by atoms with van der Waals surface area (Å²) in [5.74, 6) is 0.793. The number of anilines is 2. The molecule has 1 aromatic rings. The number of morpholine rings is 1. The minimum Gasteiger partial charge on any atom is -0.460 e. The van der Waals surface area contributed by atoms with E-state index < -0.39 is 0 Å². The number of nitrogens with two attached hydrogens (primary N) is 1. The first kappa shape index (κ1) is 11.5. The van der Waals surface area contributed by atoms with E-state index in [2.05, 4.69) is 15.0 Å². The van der Waals surface area contributed by atoms with Crippen molar-refractivity contribution in [2.75, 3.05) is 36.9 Å². The van der Waals surface area contributed by atoms with Crippen molar-refractivity contribution in [1.29, 1.82) is 0 Å². The maximum Gasteiger partial charge on any atom is 0.323 e. The molecule has 1 aromatic heterocycles. The Morgan fingerprint density at radius 3 is 2.61 bits per heavy atom. The minimum atomic E-state index is 0.209. The number of hydrogen-bond acceptors (Lipinski definition) is 7. The summed E-state index contributed by atoms with van der Waals surface area (Å²) < 4.78 is 11.0. The summed E-state index contributed by atoms with van der Waals surface area (Å²) in [4.78, 5) is 14.5. The highest BCUT2D eigenvalue weighted by Gasteiger charge is 2.22. The SMILES string of the molecule is Nc1nc(OC2CCC2)nc(N2CCOCC2)n1. The zero-order valence-electron chi connectivity index (χ0n) is 10.2. The molecule has 1 aliphatic carbocycles. The van der Waals surface area contributed by atoms with Gasteiger partial charge in [-0.25, -0.2) is 0 Å². The summed E-state index contributed by atoms with van der Waals surface area (Å²) in [7, 11) is 0. The highest BCUT2D eigenvalue weighted by molar-refractivity contribution is 5.36. The second-order valence-corrected chi connectivity index (χ2v) is 4.55. The van der Waals surface area contributed by atoms with Crippen molar-refractivity contribution in [2.45, 2.75) is 25.4 Å². The molecular formula is C11H17N5O2. The summed E-state index contributed by atoms with van der Waals surface area (Å²) in [6, 6.07) is 0.341. The number of nitrogen functional groups attached to an aromatic ring is 1. The van der Waals surface area contributed by atoms with Crippen molar-refractivity contribution in [3.05, 3.63) is 0 Å². The van der Waals surface area contributed by atoms with Crippen LogP contribution in [0, 0.1) is 0 Å². The third kappa shape index (κ3) is 2.45. The normalized spacial score (nSPS) is 20.6. The molecule has 0 aromatic carbocycles. The van der Waals surface area contributed by atoms with E-state index in [0.717, 1.165) is 25.9 Å². The van der Waals surface area contributed by atoms with Gasteiger partial charge in [0.2, 0.25) is 11.9 Å². The second-order valence-electron chi connectivity index (χ2n) is 4.55. The average Bonchev–Trinajstić information content (AvgIpc) is 2.34. The molecule has 0 unspecified atom stereocenters. The molecule has 0 spiro atoms. The molecule has 1 aliphatic heterocycles. The van der Waals surface area contributed by atoms with Gasteiger partial charge in [0.1, 0.15) is 6.10 Å². The highest BCUT2D eigenvalue weighted by Crippen LogP contribution is 2.24. The topological polar surface area (TPSA) is 86.4 Å². The maximum atomic E-state index is 5.70. The Bertz CT molecular complexity index is 418. The Balaban J connectivity index is 1.75. The van der Waals surface area contributed by atoms with E-state index in [1.165, 1.54) is 6.42 Å². The van der Waals surface area contributed by atoms with Crippen molar-refractivity contribution in [3.8, 4) is 6.01 Å². The number of aromatic nitrogens is 3. The lowest BCUT2D eigenvalue weighted by Crippen LogP contribution is -2.37. The maximum absolute atomic E-state index is 5.70. The van der Waals surface area contributed by atoms with Crippen LogP contribution in [0.5, 0.6) is 6.01 Å². The van der Waals surface area contributed by atoms with Gasteiger partial charge in [-0.1, -0.05) is 0 Å². The van der Waals surface area contributed by atoms with Crippen LogP contribution in [-0.2, 0) is 4.74 Å². The van der Waals surface area contributed by atoms with Gasteiger partial charge >= 0.3 is 6.01 Å². The predicted octanol–water partition coefficient (Wildman–Crippen LogP) is 0.222. The molecular weight excluding hydrogens is 234 g/mol. The van der Waals surface area contributed by atoms with E-state index in [1.54, 1.807) is 0 Å². The Kier molecular flexibility index (Phi) is 3.14. The van der Waals surface area contributed by atoms with E-state index in [-0.39, 0.29) is 12.1 Å². The van der Waals surface area contributed by atoms with Crippen LogP contribution in [0.4, 0.5) is 11.9 Å². The first-order valence-electron chi connectivity index (χ1n) is 6.32. The second kappa shape index (κ2) is 4.93. The van der Waals surface area contributed by atoms with Gasteiger partial charge < -0.3 is 20.1 Å². The molecule has 18 heavy (non-hydrogen) atoms. The van der Waals surface area contributed by atoms with Gasteiger partial charge in [-0.05, 0) is 19.3 Å². The molecule has 2 heterocycles. The van der Waals surface area contributed by atoms with E-state index in [4.69, 9.17) is 15.2 Å². The third-order valence-electron chi connectivity index (χ3n) is 3.24. The molecule has 1 saturated heterocycles. The van der Waals surface area contributed by atoms with Gasteiger partial charge in [0.05, 0.1) is 13.2 Å². The predicted molar refractivity (Wildman–Crippen MR) is 65.5 cm³/mol. The summed E-state index contributed by atoms with van der Waals surface area (Å²) in [5.41, 5.74) is 5.70. The molecule has 0 atom stereocenters. The molecule has 2 N–H and O–H groups in total.